The molecule has 3 heterocycles. The maximum atomic E-state index is 10.6. The summed E-state index contributed by atoms with van der Waals surface area (Å²) in [6, 6.07) is 3.74. The Bertz CT molecular complexity index is 926. The number of nitrogen functional groups attached to an aromatic ring is 1. The smallest absolute Gasteiger partial charge is 0.152 e. The fourth-order valence-electron chi connectivity index (χ4n) is 3.09. The molecule has 0 fully saturated rings. The predicted octanol–water partition coefficient (Wildman–Crippen LogP) is 2.07. The minimum absolute atomic E-state index is 0.417. The molecule has 3 aromatic rings. The van der Waals surface area contributed by atoms with Crippen LogP contribution < -0.4 is 10.5 Å². The summed E-state index contributed by atoms with van der Waals surface area (Å²) in [5, 5.41) is 0. The molecule has 1 unspecified atom stereocenters. The van der Waals surface area contributed by atoms with Gasteiger partial charge >= 0.3 is 0 Å². The van der Waals surface area contributed by atoms with Gasteiger partial charge in [0.25, 0.3) is 0 Å². The molecule has 1 atom stereocenters. The van der Waals surface area contributed by atoms with E-state index in [1.165, 1.54) is 0 Å². The van der Waals surface area contributed by atoms with E-state index < -0.39 is 11.3 Å². The zero-order valence-electron chi connectivity index (χ0n) is 14.8. The highest BCUT2D eigenvalue weighted by Gasteiger charge is 2.17. The third kappa shape index (κ3) is 4.00. The van der Waals surface area contributed by atoms with Crippen molar-refractivity contribution in [1.82, 2.24) is 24.2 Å². The highest BCUT2D eigenvalue weighted by atomic mass is 32.2. The fourth-order valence-corrected chi connectivity index (χ4v) is 3.40. The Labute approximate surface area is 154 Å². The largest absolute Gasteiger partial charge is 0.760 e. The van der Waals surface area contributed by atoms with Crippen molar-refractivity contribution in [1.29, 1.82) is 0 Å². The fraction of sp³-hybridized carbons (Fsp3) is 0.471. The van der Waals surface area contributed by atoms with E-state index >= 15 is 0 Å². The summed E-state index contributed by atoms with van der Waals surface area (Å²) in [4.78, 5) is 13.7. The van der Waals surface area contributed by atoms with Crippen molar-refractivity contribution in [3.05, 3.63) is 24.2 Å². The molecule has 8 nitrogen and oxygen atoms in total. The van der Waals surface area contributed by atoms with Gasteiger partial charge in [-0.3, -0.25) is 9.19 Å². The Hall–Kier alpha value is -2.10. The van der Waals surface area contributed by atoms with Crippen molar-refractivity contribution in [3.63, 3.8) is 0 Å². The number of pyridine rings is 2. The van der Waals surface area contributed by atoms with Gasteiger partial charge in [-0.25, -0.2) is 14.7 Å². The number of unbranched alkanes of at least 4 members (excludes halogenated alkanes) is 2. The van der Waals surface area contributed by atoms with Gasteiger partial charge in [0.2, 0.25) is 0 Å². The maximum absolute atomic E-state index is 10.6. The van der Waals surface area contributed by atoms with Crippen LogP contribution in [0.15, 0.2) is 18.3 Å². The SMILES string of the molecule is CCCCc1nc2c(N)nc3cccnc3c2n1CCCCNS(=O)[O-]. The monoisotopic (exact) mass is 375 g/mol. The molecule has 3 rings (SSSR count). The van der Waals surface area contributed by atoms with Crippen LogP contribution in [0.25, 0.3) is 22.1 Å². The molecular formula is C17H23N6O2S-. The molecule has 0 radical (unpaired) electrons. The summed E-state index contributed by atoms with van der Waals surface area (Å²) in [7, 11) is 0. The summed E-state index contributed by atoms with van der Waals surface area (Å²) in [6.07, 6.45) is 6.30. The first kappa shape index (κ1) is 18.7. The number of imidazole rings is 1. The molecule has 0 amide bonds. The number of nitrogens with one attached hydrogen (secondary N) is 1. The number of hydrogen-bond donors (Lipinski definition) is 2. The lowest BCUT2D eigenvalue weighted by molar-refractivity contribution is 0.516. The van der Waals surface area contributed by atoms with Crippen molar-refractivity contribution >= 4 is 39.2 Å². The van der Waals surface area contributed by atoms with Crippen LogP contribution in [0.5, 0.6) is 0 Å². The molecule has 0 aromatic carbocycles. The van der Waals surface area contributed by atoms with Crippen molar-refractivity contribution in [3.8, 4) is 0 Å². The van der Waals surface area contributed by atoms with Crippen LogP contribution in [-0.2, 0) is 24.2 Å². The Morgan fingerprint density at radius 2 is 2.12 bits per heavy atom. The van der Waals surface area contributed by atoms with Gasteiger partial charge in [0.1, 0.15) is 22.4 Å². The molecule has 9 heteroatoms. The third-order valence-electron chi connectivity index (χ3n) is 4.32. The Morgan fingerprint density at radius 3 is 2.88 bits per heavy atom. The van der Waals surface area contributed by atoms with E-state index in [9.17, 15) is 8.76 Å². The van der Waals surface area contributed by atoms with Crippen LogP contribution in [0, 0.1) is 0 Å². The molecule has 26 heavy (non-hydrogen) atoms. The zero-order valence-corrected chi connectivity index (χ0v) is 15.6. The van der Waals surface area contributed by atoms with E-state index in [-0.39, 0.29) is 0 Å². The lowest BCUT2D eigenvalue weighted by atomic mass is 10.2. The van der Waals surface area contributed by atoms with Crippen molar-refractivity contribution in [2.45, 2.75) is 45.6 Å². The summed E-state index contributed by atoms with van der Waals surface area (Å²) in [5.74, 6) is 1.40. The van der Waals surface area contributed by atoms with Gasteiger partial charge in [0.15, 0.2) is 5.82 Å². The van der Waals surface area contributed by atoms with E-state index in [0.717, 1.165) is 61.0 Å². The highest BCUT2D eigenvalue weighted by molar-refractivity contribution is 7.77. The molecule has 0 aliphatic carbocycles. The Balaban J connectivity index is 1.97. The second-order valence-corrected chi connectivity index (χ2v) is 6.94. The normalized spacial score (nSPS) is 12.8. The number of anilines is 1. The van der Waals surface area contributed by atoms with Crippen LogP contribution >= 0.6 is 0 Å². The minimum atomic E-state index is -2.21. The van der Waals surface area contributed by atoms with Crippen LogP contribution in [0.4, 0.5) is 5.82 Å². The van der Waals surface area contributed by atoms with Gasteiger partial charge in [-0.1, -0.05) is 13.3 Å². The van der Waals surface area contributed by atoms with Gasteiger partial charge in [-0.2, -0.15) is 0 Å². The van der Waals surface area contributed by atoms with E-state index in [1.54, 1.807) is 6.20 Å². The molecule has 0 aliphatic heterocycles. The second-order valence-electron chi connectivity index (χ2n) is 6.18. The summed E-state index contributed by atoms with van der Waals surface area (Å²) >= 11 is -2.21. The van der Waals surface area contributed by atoms with Crippen LogP contribution in [0.3, 0.4) is 0 Å². The van der Waals surface area contributed by atoms with Gasteiger partial charge < -0.3 is 14.9 Å². The predicted molar refractivity (Wildman–Crippen MR) is 102 cm³/mol. The third-order valence-corrected chi connectivity index (χ3v) is 4.76. The number of fused-ring (bicyclic) bond motifs is 3. The van der Waals surface area contributed by atoms with E-state index in [4.69, 9.17) is 10.7 Å². The van der Waals surface area contributed by atoms with Gasteiger partial charge in [-0.15, -0.1) is 0 Å². The summed E-state index contributed by atoms with van der Waals surface area (Å²) < 4.78 is 25.7. The van der Waals surface area contributed by atoms with Crippen molar-refractivity contribution in [2.24, 2.45) is 0 Å². The first-order chi connectivity index (χ1) is 12.6. The first-order valence-corrected chi connectivity index (χ1v) is 9.91. The van der Waals surface area contributed by atoms with Gasteiger partial charge in [0, 0.05) is 37.0 Å². The lowest BCUT2D eigenvalue weighted by Crippen LogP contribution is -2.18. The molecule has 0 bridgehead atoms. The van der Waals surface area contributed by atoms with Gasteiger partial charge in [0.05, 0.1) is 5.52 Å². The minimum Gasteiger partial charge on any atom is -0.760 e. The quantitative estimate of drug-likeness (QED) is 0.436. The average Bonchev–Trinajstić information content (AvgIpc) is 2.99. The lowest BCUT2D eigenvalue weighted by Gasteiger charge is -2.11. The van der Waals surface area contributed by atoms with Gasteiger partial charge in [-0.05, 0) is 31.4 Å². The Kier molecular flexibility index (Phi) is 6.12. The molecular weight excluding hydrogens is 352 g/mol. The molecule has 3 aromatic heterocycles. The van der Waals surface area contributed by atoms with Crippen LogP contribution in [-0.4, -0.2) is 34.8 Å². The number of aryl methyl sites for hydroxylation is 2. The average molecular weight is 375 g/mol. The number of rotatable bonds is 9. The highest BCUT2D eigenvalue weighted by Crippen LogP contribution is 2.28. The Morgan fingerprint density at radius 1 is 1.27 bits per heavy atom. The molecule has 0 aliphatic rings. The summed E-state index contributed by atoms with van der Waals surface area (Å²) in [6.45, 7) is 3.31. The first-order valence-electron chi connectivity index (χ1n) is 8.84. The van der Waals surface area contributed by atoms with Crippen LogP contribution in [0.2, 0.25) is 0 Å². The van der Waals surface area contributed by atoms with Crippen molar-refractivity contribution < 1.29 is 8.76 Å². The molecule has 140 valence electrons. The van der Waals surface area contributed by atoms with Crippen LogP contribution in [0.1, 0.15) is 38.4 Å². The van der Waals surface area contributed by atoms with E-state index in [2.05, 4.69) is 26.2 Å². The number of nitrogens with two attached hydrogens (primary N) is 1. The van der Waals surface area contributed by atoms with E-state index in [1.807, 2.05) is 12.1 Å². The number of hydrogen-bond acceptors (Lipinski definition) is 6. The zero-order chi connectivity index (χ0) is 18.5. The standard InChI is InChI=1S/C17H24N6O2S/c1-2-3-8-13-22-15-16(23(13)11-5-4-10-20-26(24)25)14-12(21-17(15)18)7-6-9-19-14/h6-7,9,20H,2-5,8,10-11H2,1H3,(H2,18,21)(H,24,25)/p-1. The van der Waals surface area contributed by atoms with E-state index in [0.29, 0.717) is 17.9 Å². The van der Waals surface area contributed by atoms with Crippen molar-refractivity contribution in [2.75, 3.05) is 12.3 Å². The topological polar surface area (TPSA) is 122 Å². The second kappa shape index (κ2) is 8.52. The number of nitrogens with zero attached hydrogens (tertiary/aromatic N) is 4. The molecule has 0 spiro atoms. The maximum Gasteiger partial charge on any atom is 0.152 e. The molecule has 0 saturated carbocycles. The summed E-state index contributed by atoms with van der Waals surface area (Å²) in [5.41, 5.74) is 9.31. The molecule has 3 N–H and O–H groups in total. The number of aromatic nitrogens is 4. The molecule has 0 saturated heterocycles.